The van der Waals surface area contributed by atoms with E-state index >= 15 is 0 Å². The number of hydrogen-bond donors (Lipinski definition) is 0. The van der Waals surface area contributed by atoms with Gasteiger partial charge >= 0.3 is 0 Å². The molecule has 3 heterocycles. The molecule has 0 aromatic carbocycles. The van der Waals surface area contributed by atoms with Gasteiger partial charge in [0.25, 0.3) is 0 Å². The number of aliphatic imine (C=N–C) groups is 1. The van der Waals surface area contributed by atoms with Crippen LogP contribution in [0.25, 0.3) is 0 Å². The Balaban J connectivity index is 1.81. The van der Waals surface area contributed by atoms with E-state index in [4.69, 9.17) is 4.42 Å². The van der Waals surface area contributed by atoms with E-state index in [2.05, 4.69) is 14.9 Å². The molecule has 4 nitrogen and oxygen atoms in total. The zero-order valence-corrected chi connectivity index (χ0v) is 9.91. The van der Waals surface area contributed by atoms with E-state index in [1.54, 1.807) is 6.26 Å². The van der Waals surface area contributed by atoms with Gasteiger partial charge in [-0.2, -0.15) is 0 Å². The van der Waals surface area contributed by atoms with E-state index in [0.29, 0.717) is 6.04 Å². The van der Waals surface area contributed by atoms with Gasteiger partial charge in [-0.25, -0.2) is 9.98 Å². The summed E-state index contributed by atoms with van der Waals surface area (Å²) in [6.07, 6.45) is 6.03. The molecule has 0 atom stereocenters. The Morgan fingerprint density at radius 1 is 1.22 bits per heavy atom. The highest BCUT2D eigenvalue weighted by Gasteiger charge is 2.34. The molecule has 1 aliphatic heterocycles. The maximum absolute atomic E-state index is 5.46. The van der Waals surface area contributed by atoms with Crippen LogP contribution in [0.4, 0.5) is 11.5 Å². The predicted molar refractivity (Wildman–Crippen MR) is 69.5 cm³/mol. The number of pyridine rings is 1. The van der Waals surface area contributed by atoms with E-state index in [0.717, 1.165) is 29.5 Å². The van der Waals surface area contributed by atoms with Crippen molar-refractivity contribution in [3.8, 4) is 0 Å². The summed E-state index contributed by atoms with van der Waals surface area (Å²) >= 11 is 0. The van der Waals surface area contributed by atoms with Gasteiger partial charge in [-0.3, -0.25) is 0 Å². The molecule has 4 rings (SSSR count). The van der Waals surface area contributed by atoms with Crippen LogP contribution >= 0.6 is 0 Å². The monoisotopic (exact) mass is 239 g/mol. The number of nitrogens with zero attached hydrogens (tertiary/aromatic N) is 3. The lowest BCUT2D eigenvalue weighted by atomic mass is 10.2. The van der Waals surface area contributed by atoms with Crippen LogP contribution in [0.3, 0.4) is 0 Å². The van der Waals surface area contributed by atoms with Gasteiger partial charge in [0.1, 0.15) is 17.2 Å². The van der Waals surface area contributed by atoms with E-state index in [9.17, 15) is 0 Å². The maximum atomic E-state index is 5.46. The minimum atomic E-state index is 0.624. The first kappa shape index (κ1) is 9.88. The fourth-order valence-corrected chi connectivity index (χ4v) is 2.38. The molecule has 18 heavy (non-hydrogen) atoms. The Hall–Kier alpha value is -2.10. The van der Waals surface area contributed by atoms with Crippen LogP contribution in [0.15, 0.2) is 46.1 Å². The van der Waals surface area contributed by atoms with Crippen molar-refractivity contribution in [1.82, 2.24) is 4.98 Å². The molecule has 4 heteroatoms. The zero-order chi connectivity index (χ0) is 11.9. The lowest BCUT2D eigenvalue weighted by molar-refractivity contribution is 0.555. The zero-order valence-electron chi connectivity index (χ0n) is 9.91. The number of rotatable bonds is 2. The smallest absolute Gasteiger partial charge is 0.155 e. The van der Waals surface area contributed by atoms with Crippen molar-refractivity contribution in [2.24, 2.45) is 4.99 Å². The Kier molecular flexibility index (Phi) is 2.03. The summed E-state index contributed by atoms with van der Waals surface area (Å²) in [5.41, 5.74) is 1.94. The van der Waals surface area contributed by atoms with Gasteiger partial charge < -0.3 is 9.32 Å². The third-order valence-electron chi connectivity index (χ3n) is 3.41. The summed E-state index contributed by atoms with van der Waals surface area (Å²) in [6.45, 7) is 0.794. The normalized spacial score (nSPS) is 18.4. The molecule has 1 fully saturated rings. The van der Waals surface area contributed by atoms with Gasteiger partial charge in [0.05, 0.1) is 12.8 Å². The molecule has 0 N–H and O–H groups in total. The van der Waals surface area contributed by atoms with E-state index in [1.165, 1.54) is 12.8 Å². The number of anilines is 1. The van der Waals surface area contributed by atoms with Crippen molar-refractivity contribution < 1.29 is 4.42 Å². The molecular formula is C14H13N3O. The molecule has 90 valence electrons. The molecule has 2 aromatic heterocycles. The van der Waals surface area contributed by atoms with E-state index < -0.39 is 0 Å². The van der Waals surface area contributed by atoms with Crippen LogP contribution in [0.2, 0.25) is 0 Å². The average molecular weight is 239 g/mol. The van der Waals surface area contributed by atoms with Gasteiger partial charge in [0.2, 0.25) is 0 Å². The second-order valence-corrected chi connectivity index (χ2v) is 4.74. The fraction of sp³-hybridized carbons (Fsp3) is 0.286. The van der Waals surface area contributed by atoms with E-state index in [-0.39, 0.29) is 0 Å². The van der Waals surface area contributed by atoms with Crippen LogP contribution < -0.4 is 4.90 Å². The Morgan fingerprint density at radius 3 is 2.94 bits per heavy atom. The number of hydrogen-bond acceptors (Lipinski definition) is 4. The average Bonchev–Trinajstić information content (AvgIpc) is 3.12. The molecule has 0 unspecified atom stereocenters. The largest absolute Gasteiger partial charge is 0.463 e. The van der Waals surface area contributed by atoms with Crippen molar-refractivity contribution in [3.05, 3.63) is 42.5 Å². The second kappa shape index (κ2) is 3.70. The topological polar surface area (TPSA) is 41.6 Å². The Bertz CT molecular complexity index is 599. The highest BCUT2D eigenvalue weighted by atomic mass is 16.3. The molecule has 2 aliphatic rings. The van der Waals surface area contributed by atoms with Gasteiger partial charge in [-0.05, 0) is 37.1 Å². The van der Waals surface area contributed by atoms with Crippen LogP contribution in [0, 0.1) is 0 Å². The van der Waals surface area contributed by atoms with Crippen LogP contribution in [0.1, 0.15) is 18.6 Å². The molecular weight excluding hydrogens is 226 g/mol. The third kappa shape index (κ3) is 1.53. The fourth-order valence-electron chi connectivity index (χ4n) is 2.38. The highest BCUT2D eigenvalue weighted by molar-refractivity contribution is 6.05. The maximum Gasteiger partial charge on any atom is 0.155 e. The molecule has 1 saturated carbocycles. The van der Waals surface area contributed by atoms with Gasteiger partial charge in [-0.15, -0.1) is 0 Å². The molecule has 0 bridgehead atoms. The van der Waals surface area contributed by atoms with Crippen molar-refractivity contribution in [2.45, 2.75) is 18.9 Å². The quantitative estimate of drug-likeness (QED) is 0.809. The van der Waals surface area contributed by atoms with Crippen molar-refractivity contribution in [3.63, 3.8) is 0 Å². The molecule has 2 aromatic rings. The summed E-state index contributed by atoms with van der Waals surface area (Å²) in [4.78, 5) is 11.5. The van der Waals surface area contributed by atoms with E-state index in [1.807, 2.05) is 30.5 Å². The van der Waals surface area contributed by atoms with Gasteiger partial charge in [0, 0.05) is 12.2 Å². The first-order valence-corrected chi connectivity index (χ1v) is 6.25. The van der Waals surface area contributed by atoms with Crippen LogP contribution in [-0.4, -0.2) is 23.3 Å². The molecule has 1 aliphatic carbocycles. The molecule has 0 radical (unpaired) electrons. The van der Waals surface area contributed by atoms with Crippen molar-refractivity contribution >= 4 is 17.2 Å². The Morgan fingerprint density at radius 2 is 2.17 bits per heavy atom. The second-order valence-electron chi connectivity index (χ2n) is 4.74. The minimum Gasteiger partial charge on any atom is -0.463 e. The molecule has 0 spiro atoms. The Labute approximate surface area is 105 Å². The summed E-state index contributed by atoms with van der Waals surface area (Å²) in [6, 6.07) is 8.43. The lowest BCUT2D eigenvalue weighted by Crippen LogP contribution is -2.35. The first-order chi connectivity index (χ1) is 8.92. The third-order valence-corrected chi connectivity index (χ3v) is 3.41. The number of aromatic nitrogens is 1. The summed E-state index contributed by atoms with van der Waals surface area (Å²) < 4.78 is 5.46. The minimum absolute atomic E-state index is 0.624. The predicted octanol–water partition coefficient (Wildman–Crippen LogP) is 2.78. The standard InChI is InChI=1S/C14H13N3O/c1-3-11-14(15-7-1)17(10-5-6-10)9-12(16-11)13-4-2-8-18-13/h1-4,7-8,10H,5-6,9H2. The lowest BCUT2D eigenvalue weighted by Gasteiger charge is -2.28. The number of furan rings is 1. The summed E-state index contributed by atoms with van der Waals surface area (Å²) in [7, 11) is 0. The summed E-state index contributed by atoms with van der Waals surface area (Å²) in [5, 5.41) is 0. The van der Waals surface area contributed by atoms with Crippen LogP contribution in [-0.2, 0) is 0 Å². The SMILES string of the molecule is c1coc(C2=Nc3cccnc3N(C3CC3)C2)c1. The highest BCUT2D eigenvalue weighted by Crippen LogP contribution is 2.38. The van der Waals surface area contributed by atoms with Gasteiger partial charge in [-0.1, -0.05) is 0 Å². The summed E-state index contributed by atoms with van der Waals surface area (Å²) in [5.74, 6) is 1.87. The molecule has 0 amide bonds. The van der Waals surface area contributed by atoms with Crippen molar-refractivity contribution in [2.75, 3.05) is 11.4 Å². The van der Waals surface area contributed by atoms with Crippen molar-refractivity contribution in [1.29, 1.82) is 0 Å². The van der Waals surface area contributed by atoms with Crippen LogP contribution in [0.5, 0.6) is 0 Å². The first-order valence-electron chi connectivity index (χ1n) is 6.25. The number of fused-ring (bicyclic) bond motifs is 1. The molecule has 0 saturated heterocycles. The van der Waals surface area contributed by atoms with Gasteiger partial charge in [0.15, 0.2) is 5.82 Å².